The number of nitrogens with one attached hydrogen (secondary N) is 1. The largest absolute Gasteiger partial charge is 0.366 e. The van der Waals surface area contributed by atoms with E-state index in [4.69, 9.17) is 16.3 Å². The Morgan fingerprint density at radius 1 is 1.00 bits per heavy atom. The van der Waals surface area contributed by atoms with Crippen LogP contribution in [0.3, 0.4) is 0 Å². The van der Waals surface area contributed by atoms with Crippen molar-refractivity contribution in [1.82, 2.24) is 5.32 Å². The van der Waals surface area contributed by atoms with Crippen LogP contribution in [-0.2, 0) is 10.3 Å². The fourth-order valence-electron chi connectivity index (χ4n) is 3.04. The molecule has 2 atom stereocenters. The lowest BCUT2D eigenvalue weighted by Crippen LogP contribution is -2.31. The van der Waals surface area contributed by atoms with E-state index in [1.54, 1.807) is 0 Å². The van der Waals surface area contributed by atoms with Crippen molar-refractivity contribution in [3.63, 3.8) is 0 Å². The molecule has 2 nitrogen and oxygen atoms in total. The van der Waals surface area contributed by atoms with Gasteiger partial charge in [0.15, 0.2) is 0 Å². The zero-order valence-electron chi connectivity index (χ0n) is 14.9. The Morgan fingerprint density at radius 3 is 2.21 bits per heavy atom. The summed E-state index contributed by atoms with van der Waals surface area (Å²) in [6, 6.07) is 18.8. The van der Waals surface area contributed by atoms with Crippen molar-refractivity contribution in [3.8, 4) is 0 Å². The van der Waals surface area contributed by atoms with Crippen LogP contribution in [0.2, 0.25) is 5.02 Å². The monoisotopic (exact) mass is 345 g/mol. The van der Waals surface area contributed by atoms with Crippen molar-refractivity contribution < 1.29 is 4.74 Å². The van der Waals surface area contributed by atoms with Crippen LogP contribution in [0.4, 0.5) is 0 Å². The first-order valence-electron chi connectivity index (χ1n) is 8.73. The first-order valence-corrected chi connectivity index (χ1v) is 9.10. The van der Waals surface area contributed by atoms with Crippen LogP contribution in [0, 0.1) is 0 Å². The molecule has 0 bridgehead atoms. The molecular weight excluding hydrogens is 318 g/mol. The van der Waals surface area contributed by atoms with Crippen LogP contribution in [0.15, 0.2) is 54.6 Å². The quantitative estimate of drug-likeness (QED) is 0.657. The zero-order chi connectivity index (χ0) is 17.4. The summed E-state index contributed by atoms with van der Waals surface area (Å²) in [4.78, 5) is 0. The molecule has 0 heterocycles. The zero-order valence-corrected chi connectivity index (χ0v) is 15.6. The summed E-state index contributed by atoms with van der Waals surface area (Å²) in [6.45, 7) is 5.06. The van der Waals surface area contributed by atoms with Gasteiger partial charge in [0.2, 0.25) is 0 Å². The molecule has 2 aromatic carbocycles. The molecule has 0 aromatic heterocycles. The fraction of sp³-hybridized carbons (Fsp3) is 0.429. The SMILES string of the molecule is CCCC(CCO[C@@](C)(c1ccccc1)c1ccc(Cl)cc1)NC. The van der Waals surface area contributed by atoms with Crippen LogP contribution < -0.4 is 5.32 Å². The van der Waals surface area contributed by atoms with Gasteiger partial charge in [-0.25, -0.2) is 0 Å². The highest BCUT2D eigenvalue weighted by molar-refractivity contribution is 6.30. The summed E-state index contributed by atoms with van der Waals surface area (Å²) in [7, 11) is 2.02. The predicted molar refractivity (Wildman–Crippen MR) is 103 cm³/mol. The summed E-state index contributed by atoms with van der Waals surface area (Å²) in [6.07, 6.45) is 3.35. The molecule has 0 amide bonds. The van der Waals surface area contributed by atoms with E-state index >= 15 is 0 Å². The summed E-state index contributed by atoms with van der Waals surface area (Å²) in [5.41, 5.74) is 1.80. The topological polar surface area (TPSA) is 21.3 Å². The van der Waals surface area contributed by atoms with Crippen molar-refractivity contribution in [2.75, 3.05) is 13.7 Å². The lowest BCUT2D eigenvalue weighted by Gasteiger charge is -2.32. The standard InChI is InChI=1S/C21H28ClNO/c1-4-8-20(23-3)15-16-24-21(2,17-9-6-5-7-10-17)18-11-13-19(22)14-12-18/h5-7,9-14,20,23H,4,8,15-16H2,1-3H3/t20?,21-/m0/s1. The average Bonchev–Trinajstić information content (AvgIpc) is 2.62. The van der Waals surface area contributed by atoms with Crippen LogP contribution >= 0.6 is 11.6 Å². The molecule has 1 unspecified atom stereocenters. The molecule has 0 fully saturated rings. The second kappa shape index (κ2) is 9.22. The summed E-state index contributed by atoms with van der Waals surface area (Å²) < 4.78 is 6.44. The molecule has 0 aliphatic rings. The molecule has 2 rings (SSSR count). The molecular formula is C21H28ClNO. The number of hydrogen-bond acceptors (Lipinski definition) is 2. The van der Waals surface area contributed by atoms with Crippen molar-refractivity contribution in [1.29, 1.82) is 0 Å². The molecule has 0 radical (unpaired) electrons. The number of benzene rings is 2. The number of hydrogen-bond donors (Lipinski definition) is 1. The number of ether oxygens (including phenoxy) is 1. The minimum Gasteiger partial charge on any atom is -0.366 e. The number of rotatable bonds is 9. The molecule has 24 heavy (non-hydrogen) atoms. The molecule has 0 aliphatic carbocycles. The van der Waals surface area contributed by atoms with Crippen molar-refractivity contribution in [2.45, 2.75) is 44.8 Å². The highest BCUT2D eigenvalue weighted by Gasteiger charge is 2.29. The minimum atomic E-state index is -0.476. The van der Waals surface area contributed by atoms with Gasteiger partial charge < -0.3 is 10.1 Å². The fourth-order valence-corrected chi connectivity index (χ4v) is 3.17. The van der Waals surface area contributed by atoms with Gasteiger partial charge >= 0.3 is 0 Å². The van der Waals surface area contributed by atoms with Gasteiger partial charge in [0.25, 0.3) is 0 Å². The Morgan fingerprint density at radius 2 is 1.62 bits per heavy atom. The van der Waals surface area contributed by atoms with E-state index < -0.39 is 5.60 Å². The van der Waals surface area contributed by atoms with E-state index in [-0.39, 0.29) is 0 Å². The second-order valence-electron chi connectivity index (χ2n) is 6.32. The van der Waals surface area contributed by atoms with Crippen LogP contribution in [0.5, 0.6) is 0 Å². The average molecular weight is 346 g/mol. The second-order valence-corrected chi connectivity index (χ2v) is 6.75. The van der Waals surface area contributed by atoms with Gasteiger partial charge in [-0.3, -0.25) is 0 Å². The highest BCUT2D eigenvalue weighted by Crippen LogP contribution is 2.34. The van der Waals surface area contributed by atoms with Gasteiger partial charge in [0.05, 0.1) is 0 Å². The van der Waals surface area contributed by atoms with E-state index in [2.05, 4.69) is 55.6 Å². The summed E-state index contributed by atoms with van der Waals surface area (Å²) >= 11 is 6.06. The Balaban J connectivity index is 2.19. The van der Waals surface area contributed by atoms with Gasteiger partial charge in [-0.2, -0.15) is 0 Å². The molecule has 0 spiro atoms. The smallest absolute Gasteiger partial charge is 0.115 e. The van der Waals surface area contributed by atoms with Crippen molar-refractivity contribution in [3.05, 3.63) is 70.7 Å². The van der Waals surface area contributed by atoms with Gasteiger partial charge in [-0.1, -0.05) is 67.4 Å². The van der Waals surface area contributed by atoms with E-state index in [0.29, 0.717) is 12.6 Å². The third-order valence-electron chi connectivity index (χ3n) is 4.62. The van der Waals surface area contributed by atoms with Gasteiger partial charge in [-0.05, 0) is 50.1 Å². The lowest BCUT2D eigenvalue weighted by atomic mass is 9.88. The van der Waals surface area contributed by atoms with Crippen molar-refractivity contribution >= 4 is 11.6 Å². The van der Waals surface area contributed by atoms with Gasteiger partial charge in [0.1, 0.15) is 5.60 Å². The summed E-state index contributed by atoms with van der Waals surface area (Å²) in [5, 5.41) is 4.12. The molecule has 3 heteroatoms. The van der Waals surface area contributed by atoms with Crippen LogP contribution in [0.25, 0.3) is 0 Å². The van der Waals surface area contributed by atoms with Gasteiger partial charge in [-0.15, -0.1) is 0 Å². The molecule has 0 saturated heterocycles. The molecule has 0 aliphatic heterocycles. The maximum Gasteiger partial charge on any atom is 0.115 e. The number of halogens is 1. The van der Waals surface area contributed by atoms with E-state index in [1.807, 2.05) is 25.2 Å². The van der Waals surface area contributed by atoms with E-state index in [0.717, 1.165) is 22.6 Å². The summed E-state index contributed by atoms with van der Waals surface area (Å²) in [5.74, 6) is 0. The Hall–Kier alpha value is -1.35. The van der Waals surface area contributed by atoms with Crippen LogP contribution in [-0.4, -0.2) is 19.7 Å². The first kappa shape index (κ1) is 19.0. The van der Waals surface area contributed by atoms with E-state index in [9.17, 15) is 0 Å². The lowest BCUT2D eigenvalue weighted by molar-refractivity contribution is -0.00862. The van der Waals surface area contributed by atoms with Crippen molar-refractivity contribution in [2.24, 2.45) is 0 Å². The molecule has 130 valence electrons. The highest BCUT2D eigenvalue weighted by atomic mass is 35.5. The molecule has 2 aromatic rings. The normalized spacial score (nSPS) is 15.0. The first-order chi connectivity index (χ1) is 11.6. The molecule has 0 saturated carbocycles. The maximum atomic E-state index is 6.44. The predicted octanol–water partition coefficient (Wildman–Crippen LogP) is 5.40. The van der Waals surface area contributed by atoms with Crippen LogP contribution in [0.1, 0.15) is 44.2 Å². The Kier molecular flexibility index (Phi) is 7.29. The Labute approximate surface area is 151 Å². The maximum absolute atomic E-state index is 6.44. The molecule has 1 N–H and O–H groups in total. The third kappa shape index (κ3) is 4.83. The Bertz CT molecular complexity index is 599. The minimum absolute atomic E-state index is 0.476. The van der Waals surface area contributed by atoms with E-state index in [1.165, 1.54) is 12.8 Å². The third-order valence-corrected chi connectivity index (χ3v) is 4.87. The van der Waals surface area contributed by atoms with Gasteiger partial charge in [0, 0.05) is 17.7 Å².